The Balaban J connectivity index is 2.52. The molecule has 0 aliphatic heterocycles. The van der Waals surface area contributed by atoms with Gasteiger partial charge in [0.25, 0.3) is 0 Å². The maximum absolute atomic E-state index is 12.0. The summed E-state index contributed by atoms with van der Waals surface area (Å²) in [6.45, 7) is 1.92. The molecular weight excluding hydrogens is 210 g/mol. The third kappa shape index (κ3) is 1.80. The van der Waals surface area contributed by atoms with Crippen molar-refractivity contribution >= 4 is 9.84 Å². The second-order valence-electron chi connectivity index (χ2n) is 3.35. The number of H-pyrrole nitrogens is 1. The van der Waals surface area contributed by atoms with Gasteiger partial charge in [-0.2, -0.15) is 0 Å². The number of sulfone groups is 1. The Morgan fingerprint density at radius 2 is 1.73 bits per heavy atom. The summed E-state index contributed by atoms with van der Waals surface area (Å²) in [6.07, 6.45) is 1.60. The molecule has 0 spiro atoms. The zero-order valence-corrected chi connectivity index (χ0v) is 9.08. The molecule has 4 heteroatoms. The largest absolute Gasteiger partial charge is 0.352 e. The Kier molecular flexibility index (Phi) is 2.36. The van der Waals surface area contributed by atoms with Crippen LogP contribution in [0.25, 0.3) is 0 Å². The van der Waals surface area contributed by atoms with Crippen molar-refractivity contribution in [2.45, 2.75) is 16.8 Å². The van der Waals surface area contributed by atoms with Crippen molar-refractivity contribution < 1.29 is 8.42 Å². The van der Waals surface area contributed by atoms with Crippen LogP contribution in [-0.2, 0) is 9.84 Å². The van der Waals surface area contributed by atoms with Crippen LogP contribution in [0.15, 0.2) is 52.5 Å². The summed E-state index contributed by atoms with van der Waals surface area (Å²) in [5, 5.41) is 0.228. The molecule has 0 bridgehead atoms. The molecule has 2 aromatic rings. The van der Waals surface area contributed by atoms with Crippen LogP contribution in [0.3, 0.4) is 0 Å². The number of hydrogen-bond acceptors (Lipinski definition) is 2. The number of rotatable bonds is 2. The Bertz CT molecular complexity index is 539. The predicted octanol–water partition coefficient (Wildman–Crippen LogP) is 2.16. The highest BCUT2D eigenvalue weighted by molar-refractivity contribution is 7.91. The molecule has 15 heavy (non-hydrogen) atoms. The van der Waals surface area contributed by atoms with Crippen LogP contribution < -0.4 is 0 Å². The standard InChI is InChI=1S/C11H11NO2S/c1-9-4-6-10(7-5-9)15(13,14)11-3-2-8-12-11/h2-8,12H,1H3. The second-order valence-corrected chi connectivity index (χ2v) is 5.27. The van der Waals surface area contributed by atoms with Crippen LogP contribution in [0.4, 0.5) is 0 Å². The molecule has 2 rings (SSSR count). The highest BCUT2D eigenvalue weighted by atomic mass is 32.2. The van der Waals surface area contributed by atoms with Crippen molar-refractivity contribution in [1.29, 1.82) is 0 Å². The monoisotopic (exact) mass is 221 g/mol. The summed E-state index contributed by atoms with van der Waals surface area (Å²) < 4.78 is 23.9. The Labute approximate surface area is 88.7 Å². The van der Waals surface area contributed by atoms with E-state index in [1.54, 1.807) is 42.6 Å². The number of aromatic nitrogens is 1. The predicted molar refractivity (Wildman–Crippen MR) is 57.4 cm³/mol. The van der Waals surface area contributed by atoms with Gasteiger partial charge in [0.15, 0.2) is 0 Å². The van der Waals surface area contributed by atoms with E-state index in [9.17, 15) is 8.42 Å². The van der Waals surface area contributed by atoms with E-state index in [1.165, 1.54) is 0 Å². The molecule has 0 amide bonds. The first-order valence-corrected chi connectivity index (χ1v) is 6.04. The van der Waals surface area contributed by atoms with Crippen LogP contribution in [0, 0.1) is 6.92 Å². The van der Waals surface area contributed by atoms with E-state index < -0.39 is 9.84 Å². The van der Waals surface area contributed by atoms with Crippen LogP contribution in [-0.4, -0.2) is 13.4 Å². The van der Waals surface area contributed by atoms with E-state index in [0.717, 1.165) is 5.56 Å². The normalized spacial score (nSPS) is 11.5. The minimum absolute atomic E-state index is 0.228. The molecule has 0 aliphatic carbocycles. The minimum atomic E-state index is -3.37. The summed E-state index contributed by atoms with van der Waals surface area (Å²) in [4.78, 5) is 3.02. The van der Waals surface area contributed by atoms with E-state index in [0.29, 0.717) is 4.90 Å². The smallest absolute Gasteiger partial charge is 0.221 e. The first-order valence-electron chi connectivity index (χ1n) is 4.56. The third-order valence-corrected chi connectivity index (χ3v) is 3.92. The van der Waals surface area contributed by atoms with E-state index in [2.05, 4.69) is 4.98 Å². The number of hydrogen-bond donors (Lipinski definition) is 1. The van der Waals surface area contributed by atoms with Crippen LogP contribution in [0.1, 0.15) is 5.56 Å². The van der Waals surface area contributed by atoms with Gasteiger partial charge in [-0.05, 0) is 31.2 Å². The maximum Gasteiger partial charge on any atom is 0.221 e. The van der Waals surface area contributed by atoms with Crippen LogP contribution >= 0.6 is 0 Å². The highest BCUT2D eigenvalue weighted by Gasteiger charge is 2.17. The fourth-order valence-electron chi connectivity index (χ4n) is 1.33. The van der Waals surface area contributed by atoms with Crippen LogP contribution in [0.5, 0.6) is 0 Å². The molecule has 1 aromatic heterocycles. The first kappa shape index (κ1) is 9.98. The number of benzene rings is 1. The van der Waals surface area contributed by atoms with Crippen molar-refractivity contribution in [3.63, 3.8) is 0 Å². The molecule has 0 unspecified atom stereocenters. The van der Waals surface area contributed by atoms with Gasteiger partial charge in [0, 0.05) is 6.20 Å². The van der Waals surface area contributed by atoms with Gasteiger partial charge in [-0.15, -0.1) is 0 Å². The van der Waals surface area contributed by atoms with Gasteiger partial charge in [0.2, 0.25) is 9.84 Å². The molecule has 0 saturated heterocycles. The van der Waals surface area contributed by atoms with E-state index >= 15 is 0 Å². The van der Waals surface area contributed by atoms with Gasteiger partial charge < -0.3 is 4.98 Å². The topological polar surface area (TPSA) is 49.9 Å². The summed E-state index contributed by atoms with van der Waals surface area (Å²) in [5.41, 5.74) is 1.04. The summed E-state index contributed by atoms with van der Waals surface area (Å²) in [7, 11) is -3.37. The molecule has 1 aromatic carbocycles. The molecule has 3 nitrogen and oxygen atoms in total. The van der Waals surface area contributed by atoms with E-state index in [1.807, 2.05) is 6.92 Å². The van der Waals surface area contributed by atoms with Gasteiger partial charge in [-0.1, -0.05) is 17.7 Å². The van der Waals surface area contributed by atoms with Gasteiger partial charge in [-0.3, -0.25) is 0 Å². The molecule has 0 radical (unpaired) electrons. The maximum atomic E-state index is 12.0. The van der Waals surface area contributed by atoms with Gasteiger partial charge in [0.05, 0.1) is 4.90 Å². The summed E-state index contributed by atoms with van der Waals surface area (Å²) in [5.74, 6) is 0. The zero-order valence-electron chi connectivity index (χ0n) is 8.27. The lowest BCUT2D eigenvalue weighted by Crippen LogP contribution is -2.01. The minimum Gasteiger partial charge on any atom is -0.352 e. The van der Waals surface area contributed by atoms with Crippen molar-refractivity contribution in [3.8, 4) is 0 Å². The van der Waals surface area contributed by atoms with Crippen molar-refractivity contribution in [1.82, 2.24) is 4.98 Å². The molecule has 1 N–H and O–H groups in total. The van der Waals surface area contributed by atoms with Crippen molar-refractivity contribution in [2.75, 3.05) is 0 Å². The van der Waals surface area contributed by atoms with Gasteiger partial charge in [0.1, 0.15) is 5.03 Å². The van der Waals surface area contributed by atoms with Gasteiger partial charge in [-0.25, -0.2) is 8.42 Å². The Morgan fingerprint density at radius 3 is 2.27 bits per heavy atom. The average Bonchev–Trinajstić information content (AvgIpc) is 2.71. The highest BCUT2D eigenvalue weighted by Crippen LogP contribution is 2.18. The summed E-state index contributed by atoms with van der Waals surface area (Å²) in [6, 6.07) is 10.0. The quantitative estimate of drug-likeness (QED) is 0.844. The molecular formula is C11H11NO2S. The lowest BCUT2D eigenvalue weighted by Gasteiger charge is -2.02. The molecule has 1 heterocycles. The Hall–Kier alpha value is -1.55. The van der Waals surface area contributed by atoms with Crippen molar-refractivity contribution in [3.05, 3.63) is 48.2 Å². The Morgan fingerprint density at radius 1 is 1.07 bits per heavy atom. The first-order chi connectivity index (χ1) is 7.10. The third-order valence-electron chi connectivity index (χ3n) is 2.19. The summed E-state index contributed by atoms with van der Waals surface area (Å²) >= 11 is 0. The molecule has 0 saturated carbocycles. The second kappa shape index (κ2) is 3.55. The average molecular weight is 221 g/mol. The fourth-order valence-corrected chi connectivity index (χ4v) is 2.55. The number of nitrogens with one attached hydrogen (secondary N) is 1. The molecule has 78 valence electrons. The lowest BCUT2D eigenvalue weighted by molar-refractivity contribution is 0.593. The molecule has 0 fully saturated rings. The fraction of sp³-hybridized carbons (Fsp3) is 0.0909. The SMILES string of the molecule is Cc1ccc(S(=O)(=O)c2ccc[nH]2)cc1. The van der Waals surface area contributed by atoms with E-state index in [4.69, 9.17) is 0 Å². The lowest BCUT2D eigenvalue weighted by atomic mass is 10.2. The van der Waals surface area contributed by atoms with Crippen molar-refractivity contribution in [2.24, 2.45) is 0 Å². The number of aromatic amines is 1. The van der Waals surface area contributed by atoms with Gasteiger partial charge >= 0.3 is 0 Å². The number of aryl methyl sites for hydroxylation is 1. The van der Waals surface area contributed by atoms with Crippen LogP contribution in [0.2, 0.25) is 0 Å². The molecule has 0 atom stereocenters. The van der Waals surface area contributed by atoms with E-state index in [-0.39, 0.29) is 5.03 Å². The molecule has 0 aliphatic rings. The zero-order chi connectivity index (χ0) is 10.9.